The van der Waals surface area contributed by atoms with Crippen molar-refractivity contribution in [1.29, 1.82) is 0 Å². The van der Waals surface area contributed by atoms with E-state index in [0.717, 1.165) is 0 Å². The number of para-hydroxylation sites is 1. The minimum absolute atomic E-state index is 0.170. The Morgan fingerprint density at radius 3 is 2.61 bits per heavy atom. The van der Waals surface area contributed by atoms with Crippen LogP contribution in [0.3, 0.4) is 0 Å². The van der Waals surface area contributed by atoms with Crippen molar-refractivity contribution in [2.45, 2.75) is 24.5 Å². The fraction of sp³-hybridized carbons (Fsp3) is 0.294. The molecule has 11 heteroatoms. The molecule has 4 rings (SSSR count). The molecule has 4 atom stereocenters. The van der Waals surface area contributed by atoms with E-state index in [4.69, 9.17) is 4.74 Å². The number of aliphatic hydroxyl groups is 3. The standard InChI is InChI=1S/C17H18N6O5/c24-6-10-12(25)13(26)16(28-10)23-8-20-11-14(18-7-19-15(11)23)22-17(27)21-9-4-2-1-3-5-9/h1-5,7-8,10,12-13,16,24-26H,6H2,(H2,18,19,21,22,27)/t10-,12-,13-,16-/m1/s1. The van der Waals surface area contributed by atoms with Crippen LogP contribution in [0.25, 0.3) is 11.2 Å². The molecular formula is C17H18N6O5. The molecule has 3 aromatic rings. The molecule has 0 bridgehead atoms. The maximum absolute atomic E-state index is 12.2. The molecule has 2 aromatic heterocycles. The van der Waals surface area contributed by atoms with Gasteiger partial charge in [-0.15, -0.1) is 0 Å². The number of carbonyl (C=O) groups is 1. The maximum Gasteiger partial charge on any atom is 0.324 e. The molecule has 1 fully saturated rings. The third kappa shape index (κ3) is 3.27. The van der Waals surface area contributed by atoms with Crippen molar-refractivity contribution < 1.29 is 24.9 Å². The van der Waals surface area contributed by atoms with Gasteiger partial charge >= 0.3 is 6.03 Å². The van der Waals surface area contributed by atoms with Gasteiger partial charge in [-0.3, -0.25) is 9.88 Å². The van der Waals surface area contributed by atoms with Gasteiger partial charge in [0.15, 0.2) is 23.2 Å². The van der Waals surface area contributed by atoms with Crippen LogP contribution >= 0.6 is 0 Å². The van der Waals surface area contributed by atoms with Crippen LogP contribution in [-0.4, -0.2) is 65.8 Å². The number of aromatic nitrogens is 4. The number of hydrogen-bond donors (Lipinski definition) is 5. The first-order chi connectivity index (χ1) is 13.6. The third-order valence-corrected chi connectivity index (χ3v) is 4.41. The smallest absolute Gasteiger partial charge is 0.324 e. The van der Waals surface area contributed by atoms with Crippen LogP contribution in [-0.2, 0) is 4.74 Å². The molecule has 11 nitrogen and oxygen atoms in total. The number of anilines is 2. The number of amides is 2. The van der Waals surface area contributed by atoms with Gasteiger partial charge in [-0.1, -0.05) is 18.2 Å². The second-order valence-electron chi connectivity index (χ2n) is 6.22. The van der Waals surface area contributed by atoms with Gasteiger partial charge in [0.25, 0.3) is 0 Å². The van der Waals surface area contributed by atoms with Crippen molar-refractivity contribution in [2.24, 2.45) is 0 Å². The zero-order chi connectivity index (χ0) is 19.7. The van der Waals surface area contributed by atoms with Gasteiger partial charge in [-0.05, 0) is 12.1 Å². The van der Waals surface area contributed by atoms with E-state index in [1.807, 2.05) is 6.07 Å². The van der Waals surface area contributed by atoms with Crippen LogP contribution in [0.1, 0.15) is 6.23 Å². The Bertz CT molecular complexity index is 981. The summed E-state index contributed by atoms with van der Waals surface area (Å²) in [4.78, 5) is 24.6. The molecule has 1 saturated heterocycles. The second kappa shape index (κ2) is 7.48. The number of imidazole rings is 1. The monoisotopic (exact) mass is 386 g/mol. The van der Waals surface area contributed by atoms with E-state index in [-0.39, 0.29) is 11.3 Å². The summed E-state index contributed by atoms with van der Waals surface area (Å²) in [7, 11) is 0. The number of carbonyl (C=O) groups excluding carboxylic acids is 1. The molecule has 1 aromatic carbocycles. The first-order valence-electron chi connectivity index (χ1n) is 8.51. The van der Waals surface area contributed by atoms with Crippen molar-refractivity contribution in [3.05, 3.63) is 43.0 Å². The van der Waals surface area contributed by atoms with Gasteiger partial charge in [-0.2, -0.15) is 0 Å². The van der Waals surface area contributed by atoms with Crippen LogP contribution < -0.4 is 10.6 Å². The summed E-state index contributed by atoms with van der Waals surface area (Å²) in [6.45, 7) is -0.442. The molecule has 0 radical (unpaired) electrons. The van der Waals surface area contributed by atoms with Gasteiger partial charge in [0.1, 0.15) is 24.6 Å². The molecular weight excluding hydrogens is 368 g/mol. The largest absolute Gasteiger partial charge is 0.394 e. The molecule has 1 aliphatic heterocycles. The average molecular weight is 386 g/mol. The first kappa shape index (κ1) is 18.3. The van der Waals surface area contributed by atoms with Gasteiger partial charge in [-0.25, -0.2) is 19.7 Å². The lowest BCUT2D eigenvalue weighted by atomic mass is 10.1. The number of urea groups is 1. The zero-order valence-electron chi connectivity index (χ0n) is 14.5. The summed E-state index contributed by atoms with van der Waals surface area (Å²) in [6, 6.07) is 8.40. The quantitative estimate of drug-likeness (QED) is 0.422. The summed E-state index contributed by atoms with van der Waals surface area (Å²) in [5.41, 5.74) is 1.19. The van der Waals surface area contributed by atoms with Crippen molar-refractivity contribution in [3.8, 4) is 0 Å². The molecule has 5 N–H and O–H groups in total. The van der Waals surface area contributed by atoms with Crippen molar-refractivity contribution in [1.82, 2.24) is 19.5 Å². The topological polar surface area (TPSA) is 155 Å². The lowest BCUT2D eigenvalue weighted by molar-refractivity contribution is -0.0511. The van der Waals surface area contributed by atoms with E-state index in [1.54, 1.807) is 24.3 Å². The Morgan fingerprint density at radius 2 is 1.89 bits per heavy atom. The zero-order valence-corrected chi connectivity index (χ0v) is 14.5. The fourth-order valence-corrected chi connectivity index (χ4v) is 3.03. The minimum atomic E-state index is -1.28. The van der Waals surface area contributed by atoms with E-state index in [0.29, 0.717) is 11.3 Å². The van der Waals surface area contributed by atoms with Gasteiger partial charge < -0.3 is 25.4 Å². The number of aliphatic hydroxyl groups excluding tert-OH is 3. The number of nitrogens with one attached hydrogen (secondary N) is 2. The lowest BCUT2D eigenvalue weighted by Crippen LogP contribution is -2.33. The molecule has 2 amide bonds. The van der Waals surface area contributed by atoms with Gasteiger partial charge in [0.05, 0.1) is 12.9 Å². The summed E-state index contributed by atoms with van der Waals surface area (Å²) in [5.74, 6) is 0.170. The fourth-order valence-electron chi connectivity index (χ4n) is 3.03. The van der Waals surface area contributed by atoms with E-state index >= 15 is 0 Å². The number of hydrogen-bond acceptors (Lipinski definition) is 8. The molecule has 146 valence electrons. The third-order valence-electron chi connectivity index (χ3n) is 4.41. The van der Waals surface area contributed by atoms with Crippen LogP contribution in [0.15, 0.2) is 43.0 Å². The van der Waals surface area contributed by atoms with Crippen LogP contribution in [0.5, 0.6) is 0 Å². The summed E-state index contributed by atoms with van der Waals surface area (Å²) in [5, 5.41) is 34.7. The Morgan fingerprint density at radius 1 is 1.11 bits per heavy atom. The molecule has 28 heavy (non-hydrogen) atoms. The SMILES string of the molecule is O=C(Nc1ccccc1)Nc1ncnc2c1ncn2[C@@H]1O[C@H](CO)[C@@H](O)[C@H]1O. The Hall–Kier alpha value is -3.12. The van der Waals surface area contributed by atoms with Crippen LogP contribution in [0, 0.1) is 0 Å². The second-order valence-corrected chi connectivity index (χ2v) is 6.22. The number of fused-ring (bicyclic) bond motifs is 1. The molecule has 0 unspecified atom stereocenters. The van der Waals surface area contributed by atoms with Gasteiger partial charge in [0.2, 0.25) is 0 Å². The number of nitrogens with zero attached hydrogens (tertiary/aromatic N) is 4. The summed E-state index contributed by atoms with van der Waals surface area (Å²) < 4.78 is 6.92. The Kier molecular flexibility index (Phi) is 4.88. The Balaban J connectivity index is 1.58. The van der Waals surface area contributed by atoms with Crippen molar-refractivity contribution in [2.75, 3.05) is 17.2 Å². The predicted molar refractivity (Wildman–Crippen MR) is 97.4 cm³/mol. The van der Waals surface area contributed by atoms with E-state index < -0.39 is 37.2 Å². The summed E-state index contributed by atoms with van der Waals surface area (Å²) >= 11 is 0. The highest BCUT2D eigenvalue weighted by Gasteiger charge is 2.44. The lowest BCUT2D eigenvalue weighted by Gasteiger charge is -2.16. The molecule has 0 saturated carbocycles. The van der Waals surface area contributed by atoms with E-state index in [2.05, 4.69) is 25.6 Å². The van der Waals surface area contributed by atoms with Gasteiger partial charge in [0, 0.05) is 5.69 Å². The van der Waals surface area contributed by atoms with Crippen molar-refractivity contribution in [3.63, 3.8) is 0 Å². The average Bonchev–Trinajstić information content (AvgIpc) is 3.25. The summed E-state index contributed by atoms with van der Waals surface area (Å²) in [6.07, 6.45) is -1.84. The molecule has 0 spiro atoms. The van der Waals surface area contributed by atoms with Crippen LogP contribution in [0.4, 0.5) is 16.3 Å². The van der Waals surface area contributed by atoms with E-state index in [1.165, 1.54) is 17.2 Å². The highest BCUT2D eigenvalue weighted by atomic mass is 16.6. The number of ether oxygens (including phenoxy) is 1. The normalized spacial score (nSPS) is 24.4. The van der Waals surface area contributed by atoms with Crippen molar-refractivity contribution >= 4 is 28.7 Å². The molecule has 3 heterocycles. The number of benzene rings is 1. The molecule has 0 aliphatic carbocycles. The minimum Gasteiger partial charge on any atom is -0.394 e. The van der Waals surface area contributed by atoms with E-state index in [9.17, 15) is 20.1 Å². The first-order valence-corrected chi connectivity index (χ1v) is 8.51. The predicted octanol–water partition coefficient (Wildman–Crippen LogP) is 0.0818. The highest BCUT2D eigenvalue weighted by Crippen LogP contribution is 2.32. The number of rotatable bonds is 4. The molecule has 1 aliphatic rings. The van der Waals surface area contributed by atoms with Crippen LogP contribution in [0.2, 0.25) is 0 Å². The highest BCUT2D eigenvalue weighted by molar-refractivity contribution is 6.02. The maximum atomic E-state index is 12.2. The Labute approximate surface area is 158 Å².